The molecule has 2 heterocycles. The Labute approximate surface area is 107 Å². The van der Waals surface area contributed by atoms with E-state index in [0.717, 1.165) is 21.0 Å². The van der Waals surface area contributed by atoms with Crippen molar-refractivity contribution in [2.45, 2.75) is 26.3 Å². The van der Waals surface area contributed by atoms with Gasteiger partial charge in [0.1, 0.15) is 8.85 Å². The smallest absolute Gasteiger partial charge is 0.132 e. The Kier molecular flexibility index (Phi) is 3.16. The van der Waals surface area contributed by atoms with Gasteiger partial charge < -0.3 is 0 Å². The van der Waals surface area contributed by atoms with Crippen LogP contribution in [0.5, 0.6) is 0 Å². The third-order valence-corrected chi connectivity index (χ3v) is 3.53. The van der Waals surface area contributed by atoms with E-state index in [0.29, 0.717) is 11.2 Å². The van der Waals surface area contributed by atoms with Gasteiger partial charge in [-0.05, 0) is 35.9 Å². The van der Waals surface area contributed by atoms with Crippen molar-refractivity contribution in [3.8, 4) is 0 Å². The maximum Gasteiger partial charge on any atom is 0.132 e. The zero-order valence-corrected chi connectivity index (χ0v) is 11.5. The Hall–Kier alpha value is -0.360. The minimum absolute atomic E-state index is 0.384. The van der Waals surface area contributed by atoms with E-state index < -0.39 is 0 Å². The van der Waals surface area contributed by atoms with Crippen molar-refractivity contribution in [1.82, 2.24) is 14.8 Å². The first-order valence-corrected chi connectivity index (χ1v) is 6.28. The average molecular weight is 336 g/mol. The molecule has 0 radical (unpaired) electrons. The number of rotatable bonds is 2. The molecule has 0 aromatic carbocycles. The molecule has 2 aromatic rings. The first kappa shape index (κ1) is 11.1. The molecular weight excluding hydrogens is 324 g/mol. The van der Waals surface area contributed by atoms with Gasteiger partial charge in [-0.25, -0.2) is 4.98 Å². The minimum Gasteiger partial charge on any atom is -0.261 e. The molecule has 5 heteroatoms. The molecule has 0 aliphatic rings. The van der Waals surface area contributed by atoms with Crippen LogP contribution in [0, 0.1) is 3.70 Å². The number of aromatic nitrogens is 3. The minimum atomic E-state index is 0.384. The fourth-order valence-electron chi connectivity index (χ4n) is 1.48. The van der Waals surface area contributed by atoms with Gasteiger partial charge in [0, 0.05) is 18.3 Å². The molecule has 1 atom stereocenters. The summed E-state index contributed by atoms with van der Waals surface area (Å²) in [5.74, 6) is 0. The molecule has 0 saturated carbocycles. The summed E-state index contributed by atoms with van der Waals surface area (Å²) in [6.45, 7) is 4.30. The van der Waals surface area contributed by atoms with Gasteiger partial charge in [-0.15, -0.1) is 0 Å². The van der Waals surface area contributed by atoms with Crippen LogP contribution in [0.1, 0.15) is 26.3 Å². The van der Waals surface area contributed by atoms with Gasteiger partial charge in [-0.3, -0.25) is 4.68 Å². The predicted octanol–water partition coefficient (Wildman–Crippen LogP) is 3.66. The first-order chi connectivity index (χ1) is 7.13. The topological polar surface area (TPSA) is 30.7 Å². The van der Waals surface area contributed by atoms with Crippen LogP contribution in [0.4, 0.5) is 0 Å². The standard InChI is InChI=1S/C10H11ClIN3/c1-3-6(2)15-8-4-9(11)13-5-7(8)10(12)14-15/h4-6H,3H2,1-2H3/t6-/m1/s1. The third-order valence-electron chi connectivity index (χ3n) is 2.52. The largest absolute Gasteiger partial charge is 0.261 e. The SMILES string of the molecule is CC[C@@H](C)n1nc(I)c2cnc(Cl)cc21. The van der Waals surface area contributed by atoms with E-state index in [1.54, 1.807) is 6.20 Å². The molecule has 0 aliphatic heterocycles. The molecule has 3 nitrogen and oxygen atoms in total. The van der Waals surface area contributed by atoms with E-state index in [1.165, 1.54) is 0 Å². The molecule has 0 spiro atoms. The van der Waals surface area contributed by atoms with E-state index in [1.807, 2.05) is 10.7 Å². The summed E-state index contributed by atoms with van der Waals surface area (Å²) < 4.78 is 3.00. The lowest BCUT2D eigenvalue weighted by Gasteiger charge is -2.10. The average Bonchev–Trinajstić information content (AvgIpc) is 2.54. The Balaban J connectivity index is 2.69. The lowest BCUT2D eigenvalue weighted by Crippen LogP contribution is -2.05. The zero-order chi connectivity index (χ0) is 11.0. The molecule has 0 saturated heterocycles. The maximum atomic E-state index is 5.89. The monoisotopic (exact) mass is 335 g/mol. The van der Waals surface area contributed by atoms with Crippen LogP contribution in [0.15, 0.2) is 12.3 Å². The summed E-state index contributed by atoms with van der Waals surface area (Å²) >= 11 is 8.12. The lowest BCUT2D eigenvalue weighted by atomic mass is 10.2. The summed E-state index contributed by atoms with van der Waals surface area (Å²) in [6.07, 6.45) is 2.83. The van der Waals surface area contributed by atoms with Crippen molar-refractivity contribution in [2.75, 3.05) is 0 Å². The second-order valence-corrected chi connectivity index (χ2v) is 4.93. The van der Waals surface area contributed by atoms with Crippen molar-refractivity contribution in [1.29, 1.82) is 0 Å². The van der Waals surface area contributed by atoms with Gasteiger partial charge in [-0.1, -0.05) is 18.5 Å². The van der Waals surface area contributed by atoms with E-state index in [-0.39, 0.29) is 0 Å². The number of pyridine rings is 1. The molecule has 0 bridgehead atoms. The Morgan fingerprint density at radius 2 is 2.33 bits per heavy atom. The van der Waals surface area contributed by atoms with E-state index >= 15 is 0 Å². The Morgan fingerprint density at radius 1 is 1.60 bits per heavy atom. The summed E-state index contributed by atoms with van der Waals surface area (Å²) in [6, 6.07) is 2.26. The molecule has 0 amide bonds. The van der Waals surface area contributed by atoms with Crippen molar-refractivity contribution >= 4 is 45.1 Å². The van der Waals surface area contributed by atoms with Gasteiger partial charge in [0.2, 0.25) is 0 Å². The van der Waals surface area contributed by atoms with Gasteiger partial charge >= 0.3 is 0 Å². The van der Waals surface area contributed by atoms with Crippen molar-refractivity contribution in [3.63, 3.8) is 0 Å². The highest BCUT2D eigenvalue weighted by Crippen LogP contribution is 2.25. The number of fused-ring (bicyclic) bond motifs is 1. The van der Waals surface area contributed by atoms with Gasteiger partial charge in [-0.2, -0.15) is 5.10 Å². The fraction of sp³-hybridized carbons (Fsp3) is 0.400. The third kappa shape index (κ3) is 1.97. The Bertz CT molecular complexity index is 495. The van der Waals surface area contributed by atoms with Crippen molar-refractivity contribution in [3.05, 3.63) is 21.1 Å². The van der Waals surface area contributed by atoms with Crippen LogP contribution in [0.2, 0.25) is 5.15 Å². The number of halogens is 2. The second-order valence-electron chi connectivity index (χ2n) is 3.52. The van der Waals surface area contributed by atoms with Crippen LogP contribution >= 0.6 is 34.2 Å². The van der Waals surface area contributed by atoms with Crippen LogP contribution in [-0.2, 0) is 0 Å². The maximum absolute atomic E-state index is 5.89. The molecule has 0 N–H and O–H groups in total. The molecular formula is C10H11ClIN3. The molecule has 15 heavy (non-hydrogen) atoms. The highest BCUT2D eigenvalue weighted by Gasteiger charge is 2.12. The van der Waals surface area contributed by atoms with Crippen LogP contribution in [0.25, 0.3) is 10.9 Å². The normalized spacial score (nSPS) is 13.3. The number of nitrogens with zero attached hydrogens (tertiary/aromatic N) is 3. The highest BCUT2D eigenvalue weighted by molar-refractivity contribution is 14.1. The van der Waals surface area contributed by atoms with E-state index in [2.05, 4.69) is 46.5 Å². The molecule has 0 fully saturated rings. The number of hydrogen-bond acceptors (Lipinski definition) is 2. The molecule has 2 rings (SSSR count). The van der Waals surface area contributed by atoms with E-state index in [9.17, 15) is 0 Å². The van der Waals surface area contributed by atoms with Crippen molar-refractivity contribution in [2.24, 2.45) is 0 Å². The van der Waals surface area contributed by atoms with Gasteiger partial charge in [0.25, 0.3) is 0 Å². The summed E-state index contributed by atoms with van der Waals surface area (Å²) in [7, 11) is 0. The first-order valence-electron chi connectivity index (χ1n) is 4.82. The quantitative estimate of drug-likeness (QED) is 0.619. The van der Waals surface area contributed by atoms with Crippen molar-refractivity contribution < 1.29 is 0 Å². The number of hydrogen-bond donors (Lipinski definition) is 0. The summed E-state index contributed by atoms with van der Waals surface area (Å²) in [5, 5.41) is 6.09. The Morgan fingerprint density at radius 3 is 3.00 bits per heavy atom. The lowest BCUT2D eigenvalue weighted by molar-refractivity contribution is 0.490. The van der Waals surface area contributed by atoms with Gasteiger partial charge in [0.15, 0.2) is 0 Å². The second kappa shape index (κ2) is 4.25. The van der Waals surface area contributed by atoms with Gasteiger partial charge in [0.05, 0.1) is 10.9 Å². The van der Waals surface area contributed by atoms with Crippen LogP contribution in [-0.4, -0.2) is 14.8 Å². The van der Waals surface area contributed by atoms with Crippen LogP contribution < -0.4 is 0 Å². The van der Waals surface area contributed by atoms with Crippen LogP contribution in [0.3, 0.4) is 0 Å². The van der Waals surface area contributed by atoms with E-state index in [4.69, 9.17) is 11.6 Å². The fourth-order valence-corrected chi connectivity index (χ4v) is 2.28. The molecule has 0 unspecified atom stereocenters. The molecule has 80 valence electrons. The zero-order valence-electron chi connectivity index (χ0n) is 8.54. The molecule has 0 aliphatic carbocycles. The summed E-state index contributed by atoms with van der Waals surface area (Å²) in [5.41, 5.74) is 1.06. The highest BCUT2D eigenvalue weighted by atomic mass is 127. The predicted molar refractivity (Wildman–Crippen MR) is 70.3 cm³/mol. The summed E-state index contributed by atoms with van der Waals surface area (Å²) in [4.78, 5) is 4.07. The molecule has 2 aromatic heterocycles.